The lowest BCUT2D eigenvalue weighted by atomic mass is 10.1. The monoisotopic (exact) mass is 334 g/mol. The summed E-state index contributed by atoms with van der Waals surface area (Å²) in [6.45, 7) is 3.55. The number of aromatic nitrogens is 3. The summed E-state index contributed by atoms with van der Waals surface area (Å²) in [7, 11) is 0. The Labute approximate surface area is 137 Å². The maximum atomic E-state index is 12.3. The van der Waals surface area contributed by atoms with Crippen LogP contribution in [-0.4, -0.2) is 31.7 Å². The van der Waals surface area contributed by atoms with Gasteiger partial charge in [-0.05, 0) is 23.6 Å². The molecule has 2 atom stereocenters. The summed E-state index contributed by atoms with van der Waals surface area (Å²) in [5, 5.41) is 16.3. The molecule has 0 unspecified atom stereocenters. The summed E-state index contributed by atoms with van der Waals surface area (Å²) in [5.41, 5.74) is 0.605. The quantitative estimate of drug-likeness (QED) is 0.893. The van der Waals surface area contributed by atoms with Crippen LogP contribution >= 0.6 is 11.6 Å². The SMILES string of the molecule is CC1(C)[C@H](C(=O)Nc2ccc(-n3cncn3)c(Cl)c2)[C@@H]1C(=O)O. The number of benzene rings is 1. The molecule has 2 aromatic rings. The van der Waals surface area contributed by atoms with Crippen LogP contribution in [0.4, 0.5) is 5.69 Å². The topological polar surface area (TPSA) is 97.1 Å². The lowest BCUT2D eigenvalue weighted by molar-refractivity contribution is -0.140. The molecule has 1 aromatic carbocycles. The van der Waals surface area contributed by atoms with E-state index in [0.29, 0.717) is 16.4 Å². The van der Waals surface area contributed by atoms with E-state index >= 15 is 0 Å². The summed E-state index contributed by atoms with van der Waals surface area (Å²) in [5.74, 6) is -2.47. The van der Waals surface area contributed by atoms with Crippen molar-refractivity contribution in [1.82, 2.24) is 14.8 Å². The van der Waals surface area contributed by atoms with Gasteiger partial charge in [0.2, 0.25) is 5.91 Å². The molecule has 2 N–H and O–H groups in total. The van der Waals surface area contributed by atoms with Crippen molar-refractivity contribution in [3.05, 3.63) is 35.9 Å². The highest BCUT2D eigenvalue weighted by Crippen LogP contribution is 2.58. The third kappa shape index (κ3) is 2.68. The Balaban J connectivity index is 1.76. The number of carboxylic acid groups (broad SMARTS) is 1. The molecule has 0 aliphatic heterocycles. The van der Waals surface area contributed by atoms with E-state index in [1.807, 2.05) is 0 Å². The van der Waals surface area contributed by atoms with Gasteiger partial charge in [-0.1, -0.05) is 25.4 Å². The number of nitrogens with zero attached hydrogens (tertiary/aromatic N) is 3. The van der Waals surface area contributed by atoms with Gasteiger partial charge in [0, 0.05) is 5.69 Å². The van der Waals surface area contributed by atoms with Crippen molar-refractivity contribution >= 4 is 29.2 Å². The van der Waals surface area contributed by atoms with Crippen LogP contribution in [-0.2, 0) is 9.59 Å². The maximum absolute atomic E-state index is 12.3. The van der Waals surface area contributed by atoms with Crippen molar-refractivity contribution in [3.63, 3.8) is 0 Å². The minimum Gasteiger partial charge on any atom is -0.481 e. The zero-order valence-electron chi connectivity index (χ0n) is 12.5. The molecule has 1 amide bonds. The largest absolute Gasteiger partial charge is 0.481 e. The molecule has 1 saturated carbocycles. The Bertz CT molecular complexity index is 773. The van der Waals surface area contributed by atoms with Crippen LogP contribution in [0.2, 0.25) is 5.02 Å². The predicted octanol–water partition coefficient (Wildman–Crippen LogP) is 2.22. The van der Waals surface area contributed by atoms with Gasteiger partial charge in [0.1, 0.15) is 12.7 Å². The second-order valence-electron chi connectivity index (χ2n) is 6.11. The molecule has 120 valence electrons. The van der Waals surface area contributed by atoms with E-state index in [0.717, 1.165) is 0 Å². The summed E-state index contributed by atoms with van der Waals surface area (Å²) in [6.07, 6.45) is 2.91. The number of amides is 1. The lowest BCUT2D eigenvalue weighted by Crippen LogP contribution is -2.17. The highest BCUT2D eigenvalue weighted by Gasteiger charge is 2.65. The second kappa shape index (κ2) is 5.34. The molecule has 1 aliphatic carbocycles. The molecule has 7 nitrogen and oxygen atoms in total. The zero-order valence-corrected chi connectivity index (χ0v) is 13.3. The zero-order chi connectivity index (χ0) is 16.8. The molecular weight excluding hydrogens is 320 g/mol. The Kier molecular flexibility index (Phi) is 3.60. The molecule has 8 heteroatoms. The molecule has 0 spiro atoms. The summed E-state index contributed by atoms with van der Waals surface area (Å²) < 4.78 is 1.51. The smallest absolute Gasteiger partial charge is 0.307 e. The molecule has 1 fully saturated rings. The first-order valence-corrected chi connectivity index (χ1v) is 7.38. The molecule has 1 aromatic heterocycles. The fourth-order valence-corrected chi connectivity index (χ4v) is 3.18. The average Bonchev–Trinajstić information content (AvgIpc) is 2.84. The second-order valence-corrected chi connectivity index (χ2v) is 6.52. The normalized spacial score (nSPS) is 21.7. The van der Waals surface area contributed by atoms with E-state index in [1.54, 1.807) is 32.0 Å². The van der Waals surface area contributed by atoms with E-state index in [9.17, 15) is 9.59 Å². The predicted molar refractivity (Wildman–Crippen MR) is 83.4 cm³/mol. The number of carbonyl (C=O) groups excluding carboxylic acids is 1. The van der Waals surface area contributed by atoms with E-state index < -0.39 is 23.2 Å². The van der Waals surface area contributed by atoms with Gasteiger partial charge in [-0.25, -0.2) is 9.67 Å². The standard InChI is InChI=1S/C15H15ClN4O3/c1-15(2)11(12(15)14(22)23)13(21)19-8-3-4-10(9(16)5-8)20-7-17-6-18-20/h3-7,11-12H,1-2H3,(H,19,21)(H,22,23)/t11-,12+/m0/s1. The summed E-state index contributed by atoms with van der Waals surface area (Å²) in [6, 6.07) is 4.99. The minimum absolute atomic E-state index is 0.313. The number of halogens is 1. The molecule has 0 radical (unpaired) electrons. The van der Waals surface area contributed by atoms with Gasteiger partial charge in [-0.2, -0.15) is 5.10 Å². The van der Waals surface area contributed by atoms with Gasteiger partial charge in [-0.15, -0.1) is 0 Å². The van der Waals surface area contributed by atoms with Crippen molar-refractivity contribution in [2.75, 3.05) is 5.32 Å². The van der Waals surface area contributed by atoms with Crippen molar-refractivity contribution in [1.29, 1.82) is 0 Å². The van der Waals surface area contributed by atoms with Gasteiger partial charge in [-0.3, -0.25) is 9.59 Å². The molecule has 0 saturated heterocycles. The third-order valence-corrected chi connectivity index (χ3v) is 4.56. The summed E-state index contributed by atoms with van der Waals surface area (Å²) >= 11 is 6.20. The van der Waals surface area contributed by atoms with Crippen molar-refractivity contribution in [3.8, 4) is 5.69 Å². The van der Waals surface area contributed by atoms with Crippen LogP contribution in [0.15, 0.2) is 30.9 Å². The first kappa shape index (κ1) is 15.5. The maximum Gasteiger partial charge on any atom is 0.307 e. The molecular formula is C15H15ClN4O3. The number of hydrogen-bond acceptors (Lipinski definition) is 4. The Morgan fingerprint density at radius 3 is 2.61 bits per heavy atom. The Morgan fingerprint density at radius 1 is 1.35 bits per heavy atom. The van der Waals surface area contributed by atoms with Gasteiger partial charge in [0.05, 0.1) is 22.5 Å². The van der Waals surface area contributed by atoms with E-state index in [1.165, 1.54) is 17.3 Å². The first-order chi connectivity index (χ1) is 10.8. The van der Waals surface area contributed by atoms with E-state index in [-0.39, 0.29) is 5.91 Å². The van der Waals surface area contributed by atoms with Crippen LogP contribution in [0.1, 0.15) is 13.8 Å². The Morgan fingerprint density at radius 2 is 2.09 bits per heavy atom. The minimum atomic E-state index is -0.949. The average molecular weight is 335 g/mol. The molecule has 0 bridgehead atoms. The van der Waals surface area contributed by atoms with Gasteiger partial charge in [0.15, 0.2) is 0 Å². The third-order valence-electron chi connectivity index (χ3n) is 4.26. The van der Waals surface area contributed by atoms with E-state index in [4.69, 9.17) is 16.7 Å². The fourth-order valence-electron chi connectivity index (χ4n) is 2.91. The summed E-state index contributed by atoms with van der Waals surface area (Å²) in [4.78, 5) is 27.3. The number of rotatable bonds is 4. The molecule has 1 aliphatic rings. The van der Waals surface area contributed by atoms with Crippen LogP contribution < -0.4 is 5.32 Å². The number of hydrogen-bond donors (Lipinski definition) is 2. The highest BCUT2D eigenvalue weighted by atomic mass is 35.5. The van der Waals surface area contributed by atoms with Crippen molar-refractivity contribution in [2.45, 2.75) is 13.8 Å². The van der Waals surface area contributed by atoms with Crippen LogP contribution in [0.5, 0.6) is 0 Å². The molecule has 1 heterocycles. The lowest BCUT2D eigenvalue weighted by Gasteiger charge is -2.09. The van der Waals surface area contributed by atoms with Crippen LogP contribution in [0.25, 0.3) is 5.69 Å². The van der Waals surface area contributed by atoms with Crippen molar-refractivity contribution in [2.24, 2.45) is 17.3 Å². The van der Waals surface area contributed by atoms with E-state index in [2.05, 4.69) is 15.4 Å². The van der Waals surface area contributed by atoms with Crippen molar-refractivity contribution < 1.29 is 14.7 Å². The Hall–Kier alpha value is -2.41. The fraction of sp³-hybridized carbons (Fsp3) is 0.333. The van der Waals surface area contributed by atoms with Crippen LogP contribution in [0, 0.1) is 17.3 Å². The number of carboxylic acids is 1. The molecule has 23 heavy (non-hydrogen) atoms. The number of aliphatic carboxylic acids is 1. The van der Waals surface area contributed by atoms with Gasteiger partial charge in [0.25, 0.3) is 0 Å². The van der Waals surface area contributed by atoms with Crippen LogP contribution in [0.3, 0.4) is 0 Å². The molecule has 3 rings (SSSR count). The number of anilines is 1. The number of nitrogens with one attached hydrogen (secondary N) is 1. The number of carbonyl (C=O) groups is 2. The van der Waals surface area contributed by atoms with Gasteiger partial charge >= 0.3 is 5.97 Å². The highest BCUT2D eigenvalue weighted by molar-refractivity contribution is 6.32. The first-order valence-electron chi connectivity index (χ1n) is 7.00. The van der Waals surface area contributed by atoms with Gasteiger partial charge < -0.3 is 10.4 Å².